The molecule has 2 fully saturated rings. The number of amides is 3. The molecule has 16 heteroatoms. The number of β-lactam (4-membered cyclic amide) rings is 1. The number of carbonyl (C=O) groups is 4. The van der Waals surface area contributed by atoms with Crippen molar-refractivity contribution in [1.82, 2.24) is 19.6 Å². The van der Waals surface area contributed by atoms with E-state index in [2.05, 4.69) is 19.8 Å². The Kier molecular flexibility index (Phi) is 6.87. The van der Waals surface area contributed by atoms with E-state index in [1.54, 1.807) is 0 Å². The molecule has 2 aliphatic heterocycles. The Labute approximate surface area is 200 Å². The van der Waals surface area contributed by atoms with Crippen molar-refractivity contribution in [3.8, 4) is 0 Å². The molecule has 14 nitrogen and oxygen atoms in total. The molecule has 3 heterocycles. The van der Waals surface area contributed by atoms with Crippen LogP contribution in [0, 0.1) is 0 Å². The molecule has 34 heavy (non-hydrogen) atoms. The fourth-order valence-corrected chi connectivity index (χ4v) is 5.56. The number of nitrogen functional groups attached to an aromatic ring is 1. The van der Waals surface area contributed by atoms with Crippen LogP contribution in [0.1, 0.15) is 31.5 Å². The summed E-state index contributed by atoms with van der Waals surface area (Å²) in [6.07, 6.45) is 2.43. The van der Waals surface area contributed by atoms with Crippen LogP contribution in [0.25, 0.3) is 0 Å². The molecule has 3 amide bonds. The third-order valence-corrected chi connectivity index (χ3v) is 7.27. The second-order valence-corrected chi connectivity index (χ2v) is 9.52. The maximum Gasteiger partial charge on any atom is 0.404 e. The molecule has 1 unspecified atom stereocenters. The zero-order valence-corrected chi connectivity index (χ0v) is 19.3. The number of aromatic nitrogens is 2. The van der Waals surface area contributed by atoms with Crippen LogP contribution < -0.4 is 16.8 Å². The van der Waals surface area contributed by atoms with E-state index >= 15 is 0 Å². The van der Waals surface area contributed by atoms with Crippen molar-refractivity contribution in [2.45, 2.75) is 43.2 Å². The second-order valence-electron chi connectivity index (χ2n) is 7.63. The van der Waals surface area contributed by atoms with E-state index in [-0.39, 0.29) is 46.4 Å². The van der Waals surface area contributed by atoms with Gasteiger partial charge in [0.25, 0.3) is 11.8 Å². The molecule has 0 radical (unpaired) electrons. The minimum absolute atomic E-state index is 0.0325. The van der Waals surface area contributed by atoms with Crippen molar-refractivity contribution in [3.63, 3.8) is 0 Å². The molecule has 1 saturated carbocycles. The van der Waals surface area contributed by atoms with Gasteiger partial charge in [-0.25, -0.2) is 9.59 Å². The van der Waals surface area contributed by atoms with E-state index in [0.29, 0.717) is 0 Å². The van der Waals surface area contributed by atoms with Gasteiger partial charge in [-0.2, -0.15) is 9.36 Å². The number of nitrogens with one attached hydrogen (secondary N) is 1. The predicted octanol–water partition coefficient (Wildman–Crippen LogP) is -0.382. The SMILES string of the molecule is NC(=O)OCC1=C(C(=O)O)N2C(=O)C(NC(=O)C(=NOC3CCCC3)c3nsc(N)n3)[C@H]2SC1. The molecule has 0 bridgehead atoms. The highest BCUT2D eigenvalue weighted by Crippen LogP contribution is 2.40. The number of nitrogens with two attached hydrogens (primary N) is 2. The van der Waals surface area contributed by atoms with E-state index in [1.807, 2.05) is 0 Å². The summed E-state index contributed by atoms with van der Waals surface area (Å²) in [6.45, 7) is -0.357. The van der Waals surface area contributed by atoms with Gasteiger partial charge in [-0.05, 0) is 25.7 Å². The molecule has 1 aromatic heterocycles. The van der Waals surface area contributed by atoms with Crippen LogP contribution >= 0.6 is 23.3 Å². The first-order valence-electron chi connectivity index (χ1n) is 10.2. The highest BCUT2D eigenvalue weighted by molar-refractivity contribution is 8.00. The standard InChI is InChI=1S/C18H21N7O7S2/c19-17-22-12(24-34-17)9(23-32-8-3-1-2-4-8)13(26)21-10-14(27)25-11(16(28)29)7(5-31-18(20)30)6-33-15(10)25/h8,10,15H,1-6H2,(H2,20,30)(H,21,26)(H,28,29)(H2,19,22,24)/t10?,15-/m1/s1. The van der Waals surface area contributed by atoms with Crippen molar-refractivity contribution < 1.29 is 33.9 Å². The van der Waals surface area contributed by atoms with Crippen molar-refractivity contribution in [1.29, 1.82) is 0 Å². The highest BCUT2D eigenvalue weighted by atomic mass is 32.2. The number of carboxylic acids is 1. The Morgan fingerprint density at radius 1 is 1.29 bits per heavy atom. The van der Waals surface area contributed by atoms with Crippen LogP contribution in [0.2, 0.25) is 0 Å². The Hall–Kier alpha value is -3.40. The fourth-order valence-electron chi connectivity index (χ4n) is 3.80. The van der Waals surface area contributed by atoms with Crippen LogP contribution in [0.15, 0.2) is 16.4 Å². The summed E-state index contributed by atoms with van der Waals surface area (Å²) in [5.74, 6) is -2.62. The number of thioether (sulfide) groups is 1. The number of oxime groups is 1. The van der Waals surface area contributed by atoms with Crippen LogP contribution in [0.4, 0.5) is 9.93 Å². The maximum atomic E-state index is 13.0. The largest absolute Gasteiger partial charge is 0.477 e. The van der Waals surface area contributed by atoms with Gasteiger partial charge < -0.3 is 31.5 Å². The minimum atomic E-state index is -1.36. The lowest BCUT2D eigenvalue weighted by atomic mass is 10.0. The Balaban J connectivity index is 1.50. The first-order chi connectivity index (χ1) is 16.3. The molecular weight excluding hydrogens is 490 g/mol. The van der Waals surface area contributed by atoms with E-state index in [4.69, 9.17) is 21.0 Å². The van der Waals surface area contributed by atoms with Gasteiger partial charge in [0, 0.05) is 22.9 Å². The topological polar surface area (TPSA) is 212 Å². The summed E-state index contributed by atoms with van der Waals surface area (Å²) in [6, 6.07) is -1.02. The minimum Gasteiger partial charge on any atom is -0.477 e. The van der Waals surface area contributed by atoms with E-state index in [0.717, 1.165) is 42.1 Å². The first-order valence-corrected chi connectivity index (χ1v) is 12.0. The van der Waals surface area contributed by atoms with Crippen LogP contribution in [-0.4, -0.2) is 78.8 Å². The number of hydrogen-bond donors (Lipinski definition) is 4. The van der Waals surface area contributed by atoms with Crippen molar-refractivity contribution in [2.75, 3.05) is 18.1 Å². The Bertz CT molecular complexity index is 1080. The Morgan fingerprint density at radius 3 is 2.65 bits per heavy atom. The number of rotatable bonds is 8. The third-order valence-electron chi connectivity index (χ3n) is 5.39. The zero-order valence-electron chi connectivity index (χ0n) is 17.6. The van der Waals surface area contributed by atoms with Gasteiger partial charge >= 0.3 is 12.1 Å². The molecule has 6 N–H and O–H groups in total. The number of primary amides is 1. The van der Waals surface area contributed by atoms with Gasteiger partial charge in [-0.1, -0.05) is 5.16 Å². The maximum absolute atomic E-state index is 13.0. The van der Waals surface area contributed by atoms with E-state index < -0.39 is 35.3 Å². The number of aliphatic carboxylic acids is 1. The van der Waals surface area contributed by atoms with Gasteiger partial charge in [-0.3, -0.25) is 14.5 Å². The second kappa shape index (κ2) is 9.84. The summed E-state index contributed by atoms with van der Waals surface area (Å²) in [4.78, 5) is 59.0. The van der Waals surface area contributed by atoms with Gasteiger partial charge in [0.2, 0.25) is 11.5 Å². The third kappa shape index (κ3) is 4.77. The van der Waals surface area contributed by atoms with Crippen LogP contribution in [0.5, 0.6) is 0 Å². The predicted molar refractivity (Wildman–Crippen MR) is 119 cm³/mol. The Morgan fingerprint density at radius 2 is 2.03 bits per heavy atom. The summed E-state index contributed by atoms with van der Waals surface area (Å²) < 4.78 is 8.70. The molecule has 1 aromatic rings. The number of fused-ring (bicyclic) bond motifs is 1. The van der Waals surface area contributed by atoms with Gasteiger partial charge in [0.15, 0.2) is 5.13 Å². The molecule has 0 aromatic carbocycles. The lowest BCUT2D eigenvalue weighted by molar-refractivity contribution is -0.150. The molecule has 0 spiro atoms. The average Bonchev–Trinajstić information content (AvgIpc) is 3.47. The van der Waals surface area contributed by atoms with Gasteiger partial charge in [0.1, 0.15) is 29.8 Å². The number of carboxylic acid groups (broad SMARTS) is 1. The molecule has 3 aliphatic rings. The van der Waals surface area contributed by atoms with Crippen LogP contribution in [0.3, 0.4) is 0 Å². The number of hydrogen-bond acceptors (Lipinski definition) is 12. The smallest absolute Gasteiger partial charge is 0.404 e. The lowest BCUT2D eigenvalue weighted by Crippen LogP contribution is -2.71. The zero-order chi connectivity index (χ0) is 24.4. The van der Waals surface area contributed by atoms with Crippen molar-refractivity contribution in [3.05, 3.63) is 17.1 Å². The van der Waals surface area contributed by atoms with E-state index in [9.17, 15) is 24.3 Å². The summed E-state index contributed by atoms with van der Waals surface area (Å²) in [5.41, 5.74) is 10.3. The van der Waals surface area contributed by atoms with Gasteiger partial charge in [0.05, 0.1) is 0 Å². The average molecular weight is 512 g/mol. The summed E-state index contributed by atoms with van der Waals surface area (Å²) >= 11 is 2.09. The van der Waals surface area contributed by atoms with Crippen LogP contribution in [-0.2, 0) is 24.0 Å². The normalized spacial score (nSPS) is 22.8. The number of anilines is 1. The molecule has 2 atom stereocenters. The van der Waals surface area contributed by atoms with Crippen molar-refractivity contribution >= 4 is 58.0 Å². The molecule has 182 valence electrons. The summed E-state index contributed by atoms with van der Waals surface area (Å²) in [5, 5.41) is 15.6. The number of nitrogens with zero attached hydrogens (tertiary/aromatic N) is 4. The first kappa shape index (κ1) is 23.7. The lowest BCUT2D eigenvalue weighted by Gasteiger charge is -2.49. The molecule has 1 aliphatic carbocycles. The summed E-state index contributed by atoms with van der Waals surface area (Å²) in [7, 11) is 0. The quantitative estimate of drug-likeness (QED) is 0.200. The highest BCUT2D eigenvalue weighted by Gasteiger charge is 2.54. The number of ether oxygens (including phenoxy) is 1. The molecule has 4 rings (SSSR count). The molecular formula is C18H21N7O7S2. The van der Waals surface area contributed by atoms with E-state index in [1.165, 1.54) is 11.8 Å². The van der Waals surface area contributed by atoms with Gasteiger partial charge in [-0.15, -0.1) is 11.8 Å². The molecule has 1 saturated heterocycles. The number of carbonyl (C=O) groups excluding carboxylic acids is 3. The monoisotopic (exact) mass is 511 g/mol. The fraction of sp³-hybridized carbons (Fsp3) is 0.500. The van der Waals surface area contributed by atoms with Crippen molar-refractivity contribution in [2.24, 2.45) is 10.9 Å².